The Balaban J connectivity index is 0.000000240. The number of ether oxygens (including phenoxy) is 4. The Hall–Kier alpha value is -0.400. The first-order valence-electron chi connectivity index (χ1n) is 7.60. The molecule has 10 atom stereocenters. The number of hydrogen-bond donors (Lipinski definition) is 6. The Morgan fingerprint density at radius 1 is 0.542 bits per heavy atom. The van der Waals surface area contributed by atoms with Crippen molar-refractivity contribution in [3.05, 3.63) is 0 Å². The molecule has 10 unspecified atom stereocenters. The van der Waals surface area contributed by atoms with Gasteiger partial charge in [-0.05, 0) is 13.8 Å². The quantitative estimate of drug-likeness (QED) is 0.300. The molecule has 6 N–H and O–H groups in total. The van der Waals surface area contributed by atoms with Gasteiger partial charge in [-0.1, -0.05) is 0 Å². The highest BCUT2D eigenvalue weighted by atomic mass is 16.7. The minimum Gasteiger partial charge on any atom is -0.388 e. The maximum absolute atomic E-state index is 9.27. The third-order valence-corrected chi connectivity index (χ3v) is 4.08. The van der Waals surface area contributed by atoms with Crippen LogP contribution in [0.3, 0.4) is 0 Å². The van der Waals surface area contributed by atoms with Crippen LogP contribution in [0.5, 0.6) is 0 Å². The standard InChI is InChI=1S/2C7H14O5/c2*1-3-4(8)5(9)6(10)7(11-2)12-3/h2*3-10H,1-2H3. The third-order valence-electron chi connectivity index (χ3n) is 4.08. The zero-order chi connectivity index (χ0) is 18.6. The van der Waals surface area contributed by atoms with E-state index in [1.807, 2.05) is 0 Å². The average Bonchev–Trinajstić information content (AvgIpc) is 2.58. The number of hydrogen-bond acceptors (Lipinski definition) is 10. The molecule has 2 fully saturated rings. The smallest absolute Gasteiger partial charge is 0.186 e. The average molecular weight is 356 g/mol. The van der Waals surface area contributed by atoms with Gasteiger partial charge in [0.1, 0.15) is 36.6 Å². The van der Waals surface area contributed by atoms with Gasteiger partial charge in [0.25, 0.3) is 0 Å². The fourth-order valence-corrected chi connectivity index (χ4v) is 2.42. The van der Waals surface area contributed by atoms with Crippen molar-refractivity contribution >= 4 is 0 Å². The van der Waals surface area contributed by atoms with Crippen molar-refractivity contribution in [2.75, 3.05) is 14.2 Å². The lowest BCUT2D eigenvalue weighted by atomic mass is 10.0. The third kappa shape index (κ3) is 4.82. The zero-order valence-electron chi connectivity index (χ0n) is 14.1. The fraction of sp³-hybridized carbons (Fsp3) is 1.00. The Bertz CT molecular complexity index is 326. The Labute approximate surface area is 140 Å². The lowest BCUT2D eigenvalue weighted by Crippen LogP contribution is -2.57. The summed E-state index contributed by atoms with van der Waals surface area (Å²) < 4.78 is 19.6. The van der Waals surface area contributed by atoms with Crippen molar-refractivity contribution < 1.29 is 49.6 Å². The highest BCUT2D eigenvalue weighted by Gasteiger charge is 2.42. The van der Waals surface area contributed by atoms with Gasteiger partial charge < -0.3 is 49.6 Å². The van der Waals surface area contributed by atoms with Crippen LogP contribution in [-0.4, -0.2) is 106 Å². The highest BCUT2D eigenvalue weighted by molar-refractivity contribution is 4.87. The first-order chi connectivity index (χ1) is 11.1. The SMILES string of the molecule is COC1OC(C)C(O)C(O)C1O.COC1OC(C)C(O)C(O)C1O. The molecule has 0 aromatic heterocycles. The molecule has 2 rings (SSSR count). The second kappa shape index (κ2) is 9.34. The summed E-state index contributed by atoms with van der Waals surface area (Å²) in [4.78, 5) is 0. The molecule has 24 heavy (non-hydrogen) atoms. The van der Waals surface area contributed by atoms with Gasteiger partial charge in [0.05, 0.1) is 12.2 Å². The van der Waals surface area contributed by atoms with E-state index in [0.717, 1.165) is 0 Å². The van der Waals surface area contributed by atoms with Gasteiger partial charge in [0.2, 0.25) is 0 Å². The van der Waals surface area contributed by atoms with Crippen LogP contribution in [0.4, 0.5) is 0 Å². The molecule has 144 valence electrons. The Kier molecular flexibility index (Phi) is 8.42. The van der Waals surface area contributed by atoms with E-state index in [9.17, 15) is 30.6 Å². The summed E-state index contributed by atoms with van der Waals surface area (Å²) in [6, 6.07) is 0. The van der Waals surface area contributed by atoms with Crippen LogP contribution in [0.1, 0.15) is 13.8 Å². The monoisotopic (exact) mass is 356 g/mol. The molecule has 10 heteroatoms. The maximum atomic E-state index is 9.27. The lowest BCUT2D eigenvalue weighted by molar-refractivity contribution is -0.286. The summed E-state index contributed by atoms with van der Waals surface area (Å²) in [6.45, 7) is 3.21. The summed E-state index contributed by atoms with van der Waals surface area (Å²) >= 11 is 0. The van der Waals surface area contributed by atoms with Gasteiger partial charge in [-0.3, -0.25) is 0 Å². The predicted molar refractivity (Wildman–Crippen MR) is 78.7 cm³/mol. The molecule has 0 aromatic rings. The fourth-order valence-electron chi connectivity index (χ4n) is 2.42. The predicted octanol–water partition coefficient (Wildman–Crippen LogP) is -3.08. The molecule has 0 aromatic carbocycles. The van der Waals surface area contributed by atoms with Crippen molar-refractivity contribution in [1.29, 1.82) is 0 Å². The minimum absolute atomic E-state index is 0.534. The summed E-state index contributed by atoms with van der Waals surface area (Å²) in [5, 5.41) is 55.5. The Morgan fingerprint density at radius 2 is 0.833 bits per heavy atom. The number of aliphatic hydroxyl groups excluding tert-OH is 6. The molecule has 0 bridgehead atoms. The first kappa shape index (κ1) is 21.6. The van der Waals surface area contributed by atoms with E-state index in [1.54, 1.807) is 13.8 Å². The van der Waals surface area contributed by atoms with Crippen LogP contribution < -0.4 is 0 Å². The number of aliphatic hydroxyl groups is 6. The zero-order valence-corrected chi connectivity index (χ0v) is 14.1. The van der Waals surface area contributed by atoms with Gasteiger partial charge in [0, 0.05) is 14.2 Å². The van der Waals surface area contributed by atoms with Gasteiger partial charge in [-0.15, -0.1) is 0 Å². The molecule has 0 spiro atoms. The van der Waals surface area contributed by atoms with Gasteiger partial charge in [-0.25, -0.2) is 0 Å². The van der Waals surface area contributed by atoms with Crippen molar-refractivity contribution in [2.45, 2.75) is 75.3 Å². The molecule has 2 aliphatic heterocycles. The Morgan fingerprint density at radius 3 is 1.08 bits per heavy atom. The van der Waals surface area contributed by atoms with E-state index in [4.69, 9.17) is 18.9 Å². The molecule has 2 heterocycles. The van der Waals surface area contributed by atoms with Crippen LogP contribution in [0.15, 0.2) is 0 Å². The van der Waals surface area contributed by atoms with Crippen LogP contribution in [0, 0.1) is 0 Å². The van der Waals surface area contributed by atoms with Crippen molar-refractivity contribution in [1.82, 2.24) is 0 Å². The van der Waals surface area contributed by atoms with E-state index >= 15 is 0 Å². The molecular weight excluding hydrogens is 328 g/mol. The van der Waals surface area contributed by atoms with E-state index in [-0.39, 0.29) is 0 Å². The molecule has 2 saturated heterocycles. The van der Waals surface area contributed by atoms with Crippen LogP contribution in [-0.2, 0) is 18.9 Å². The molecule has 0 saturated carbocycles. The summed E-state index contributed by atoms with van der Waals surface area (Å²) in [5.41, 5.74) is 0. The van der Waals surface area contributed by atoms with Crippen molar-refractivity contribution in [2.24, 2.45) is 0 Å². The first-order valence-corrected chi connectivity index (χ1v) is 7.60. The molecule has 10 nitrogen and oxygen atoms in total. The summed E-state index contributed by atoms with van der Waals surface area (Å²) in [5.74, 6) is 0. The van der Waals surface area contributed by atoms with Gasteiger partial charge >= 0.3 is 0 Å². The number of rotatable bonds is 2. The van der Waals surface area contributed by atoms with E-state index in [0.29, 0.717) is 0 Å². The minimum atomic E-state index is -1.21. The summed E-state index contributed by atoms with van der Waals surface area (Å²) in [7, 11) is 2.73. The highest BCUT2D eigenvalue weighted by Crippen LogP contribution is 2.21. The molecule has 0 amide bonds. The van der Waals surface area contributed by atoms with Crippen molar-refractivity contribution in [3.8, 4) is 0 Å². The van der Waals surface area contributed by atoms with Crippen LogP contribution >= 0.6 is 0 Å². The lowest BCUT2D eigenvalue weighted by Gasteiger charge is -2.38. The molecule has 0 aliphatic carbocycles. The normalized spacial score (nSPS) is 49.2. The largest absolute Gasteiger partial charge is 0.388 e. The van der Waals surface area contributed by atoms with Crippen molar-refractivity contribution in [3.63, 3.8) is 0 Å². The van der Waals surface area contributed by atoms with E-state index < -0.39 is 61.4 Å². The molecule has 2 aliphatic rings. The topological polar surface area (TPSA) is 158 Å². The molecule has 0 radical (unpaired) electrons. The van der Waals surface area contributed by atoms with Crippen LogP contribution in [0.25, 0.3) is 0 Å². The van der Waals surface area contributed by atoms with E-state index in [1.165, 1.54) is 14.2 Å². The van der Waals surface area contributed by atoms with Crippen LogP contribution in [0.2, 0.25) is 0 Å². The van der Waals surface area contributed by atoms with E-state index in [2.05, 4.69) is 0 Å². The maximum Gasteiger partial charge on any atom is 0.186 e. The summed E-state index contributed by atoms with van der Waals surface area (Å²) in [6.07, 6.45) is -9.73. The second-order valence-corrected chi connectivity index (χ2v) is 5.83. The van der Waals surface area contributed by atoms with Gasteiger partial charge in [0.15, 0.2) is 12.6 Å². The molecular formula is C14H28O10. The second-order valence-electron chi connectivity index (χ2n) is 5.83. The number of methoxy groups -OCH3 is 2. The van der Waals surface area contributed by atoms with Gasteiger partial charge in [-0.2, -0.15) is 0 Å².